The first-order chi connectivity index (χ1) is 13.4. The van der Waals surface area contributed by atoms with E-state index >= 15 is 0 Å². The molecule has 0 aliphatic rings. The van der Waals surface area contributed by atoms with Crippen molar-refractivity contribution < 1.29 is 18.7 Å². The van der Waals surface area contributed by atoms with Gasteiger partial charge in [-0.05, 0) is 42.7 Å². The predicted octanol–water partition coefficient (Wildman–Crippen LogP) is 2.78. The molecule has 0 atom stereocenters. The number of hydrogen-bond acceptors (Lipinski definition) is 5. The van der Waals surface area contributed by atoms with Crippen LogP contribution in [0.1, 0.15) is 27.9 Å². The molecule has 3 aromatic rings. The van der Waals surface area contributed by atoms with Gasteiger partial charge in [-0.25, -0.2) is 4.79 Å². The zero-order chi connectivity index (χ0) is 20.3. The van der Waals surface area contributed by atoms with Crippen LogP contribution in [0, 0.1) is 6.92 Å². The molecule has 1 heterocycles. The molecule has 2 aromatic carbocycles. The molecule has 0 aliphatic heterocycles. The molecule has 0 radical (unpaired) electrons. The average molecular weight is 380 g/mol. The molecule has 2 amide bonds. The van der Waals surface area contributed by atoms with Gasteiger partial charge in [-0.3, -0.25) is 9.59 Å². The Labute approximate surface area is 161 Å². The second-order valence-electron chi connectivity index (χ2n) is 6.37. The Kier molecular flexibility index (Phi) is 5.44. The van der Waals surface area contributed by atoms with Crippen molar-refractivity contribution in [1.29, 1.82) is 0 Å². The van der Waals surface area contributed by atoms with Crippen LogP contribution in [0.5, 0.6) is 5.75 Å². The summed E-state index contributed by atoms with van der Waals surface area (Å²) >= 11 is 0. The number of methoxy groups -OCH3 is 1. The van der Waals surface area contributed by atoms with Crippen LogP contribution < -0.4 is 21.4 Å². The molecule has 3 N–H and O–H groups in total. The van der Waals surface area contributed by atoms with Gasteiger partial charge in [0.2, 0.25) is 5.91 Å². The molecule has 7 heteroatoms. The number of ether oxygens (including phenoxy) is 1. The number of carbonyl (C=O) groups is 2. The molecule has 0 bridgehead atoms. The van der Waals surface area contributed by atoms with Crippen LogP contribution in [-0.2, 0) is 11.2 Å². The van der Waals surface area contributed by atoms with Crippen LogP contribution in [0.3, 0.4) is 0 Å². The summed E-state index contributed by atoms with van der Waals surface area (Å²) in [6.45, 7) is 1.82. The lowest BCUT2D eigenvalue weighted by Gasteiger charge is -2.12. The van der Waals surface area contributed by atoms with E-state index in [1.54, 1.807) is 30.3 Å². The molecule has 0 saturated heterocycles. The molecule has 144 valence electrons. The maximum absolute atomic E-state index is 12.4. The fourth-order valence-electron chi connectivity index (χ4n) is 3.04. The largest absolute Gasteiger partial charge is 0.496 e. The number of nitrogens with one attached hydrogen (secondary N) is 1. The lowest BCUT2D eigenvalue weighted by molar-refractivity contribution is -0.116. The molecule has 0 fully saturated rings. The zero-order valence-electron chi connectivity index (χ0n) is 15.6. The number of anilines is 1. The van der Waals surface area contributed by atoms with Gasteiger partial charge < -0.3 is 20.2 Å². The van der Waals surface area contributed by atoms with Crippen molar-refractivity contribution in [2.75, 3.05) is 12.4 Å². The fraction of sp³-hybridized carbons (Fsp3) is 0.190. The number of primary amides is 1. The van der Waals surface area contributed by atoms with Crippen molar-refractivity contribution in [2.45, 2.75) is 19.8 Å². The number of amides is 2. The van der Waals surface area contributed by atoms with E-state index in [4.69, 9.17) is 14.9 Å². The van der Waals surface area contributed by atoms with E-state index in [2.05, 4.69) is 5.32 Å². The maximum Gasteiger partial charge on any atom is 0.336 e. The first kappa shape index (κ1) is 19.2. The SMILES string of the molecule is COc1cc2oc(=O)cc(C)c2cc1CCC(=O)Nc1ccccc1C(N)=O. The number of fused-ring (bicyclic) bond motifs is 1. The Bertz CT molecular complexity index is 1120. The Hall–Kier alpha value is -3.61. The van der Waals surface area contributed by atoms with E-state index in [1.807, 2.05) is 13.0 Å². The van der Waals surface area contributed by atoms with E-state index in [0.717, 1.165) is 16.5 Å². The molecule has 3 rings (SSSR count). The molecule has 0 saturated carbocycles. The highest BCUT2D eigenvalue weighted by atomic mass is 16.5. The molecule has 1 aromatic heterocycles. The first-order valence-electron chi connectivity index (χ1n) is 8.69. The fourth-order valence-corrected chi connectivity index (χ4v) is 3.04. The Morgan fingerprint density at radius 1 is 1.18 bits per heavy atom. The van der Waals surface area contributed by atoms with Crippen LogP contribution in [0.2, 0.25) is 0 Å². The standard InChI is InChI=1S/C21H20N2O5/c1-12-9-20(25)28-18-11-17(27-2)13(10-15(12)18)7-8-19(24)23-16-6-4-3-5-14(16)21(22)26/h3-6,9-11H,7-8H2,1-2H3,(H2,22,26)(H,23,24). The monoisotopic (exact) mass is 380 g/mol. The average Bonchev–Trinajstić information content (AvgIpc) is 2.66. The van der Waals surface area contributed by atoms with Crippen molar-refractivity contribution in [3.63, 3.8) is 0 Å². The number of hydrogen-bond donors (Lipinski definition) is 2. The van der Waals surface area contributed by atoms with Gasteiger partial charge in [0.05, 0.1) is 18.4 Å². The summed E-state index contributed by atoms with van der Waals surface area (Å²) in [4.78, 5) is 35.4. The highest BCUT2D eigenvalue weighted by Crippen LogP contribution is 2.28. The smallest absolute Gasteiger partial charge is 0.336 e. The summed E-state index contributed by atoms with van der Waals surface area (Å²) in [7, 11) is 1.52. The minimum atomic E-state index is -0.607. The second-order valence-corrected chi connectivity index (χ2v) is 6.37. The van der Waals surface area contributed by atoms with Crippen LogP contribution in [0.4, 0.5) is 5.69 Å². The molecular formula is C21H20N2O5. The number of aryl methyl sites for hydroxylation is 2. The van der Waals surface area contributed by atoms with Crippen molar-refractivity contribution in [1.82, 2.24) is 0 Å². The summed E-state index contributed by atoms with van der Waals surface area (Å²) in [6, 6.07) is 11.5. The van der Waals surface area contributed by atoms with Crippen LogP contribution in [0.25, 0.3) is 11.0 Å². The maximum atomic E-state index is 12.4. The summed E-state index contributed by atoms with van der Waals surface area (Å²) in [6.07, 6.45) is 0.576. The highest BCUT2D eigenvalue weighted by molar-refractivity contribution is 6.03. The van der Waals surface area contributed by atoms with Gasteiger partial charge in [0.1, 0.15) is 11.3 Å². The highest BCUT2D eigenvalue weighted by Gasteiger charge is 2.14. The van der Waals surface area contributed by atoms with E-state index < -0.39 is 11.5 Å². The van der Waals surface area contributed by atoms with Gasteiger partial charge in [-0.2, -0.15) is 0 Å². The lowest BCUT2D eigenvalue weighted by atomic mass is 10.0. The van der Waals surface area contributed by atoms with Crippen molar-refractivity contribution in [3.05, 3.63) is 69.6 Å². The second kappa shape index (κ2) is 7.96. The summed E-state index contributed by atoms with van der Waals surface area (Å²) in [5.74, 6) is -0.331. The number of rotatable bonds is 6. The first-order valence-corrected chi connectivity index (χ1v) is 8.69. The number of para-hydroxylation sites is 1. The van der Waals surface area contributed by atoms with E-state index in [9.17, 15) is 14.4 Å². The van der Waals surface area contributed by atoms with Crippen LogP contribution >= 0.6 is 0 Å². The van der Waals surface area contributed by atoms with Crippen molar-refractivity contribution in [3.8, 4) is 5.75 Å². The van der Waals surface area contributed by atoms with Crippen molar-refractivity contribution in [2.24, 2.45) is 5.73 Å². The van der Waals surface area contributed by atoms with E-state index in [-0.39, 0.29) is 17.9 Å². The Morgan fingerprint density at radius 2 is 1.93 bits per heavy atom. The molecule has 0 unspecified atom stereocenters. The summed E-state index contributed by atoms with van der Waals surface area (Å²) in [5.41, 5.74) is 7.57. The topological polar surface area (TPSA) is 112 Å². The molecule has 28 heavy (non-hydrogen) atoms. The number of carbonyl (C=O) groups excluding carboxylic acids is 2. The molecule has 7 nitrogen and oxygen atoms in total. The van der Waals surface area contributed by atoms with Gasteiger partial charge >= 0.3 is 5.63 Å². The Morgan fingerprint density at radius 3 is 2.64 bits per heavy atom. The van der Waals surface area contributed by atoms with Gasteiger partial charge in [0.15, 0.2) is 0 Å². The molecular weight excluding hydrogens is 360 g/mol. The normalized spacial score (nSPS) is 10.6. The van der Waals surface area contributed by atoms with Gasteiger partial charge in [-0.1, -0.05) is 12.1 Å². The Balaban J connectivity index is 1.80. The lowest BCUT2D eigenvalue weighted by Crippen LogP contribution is -2.18. The molecule has 0 aliphatic carbocycles. The van der Waals surface area contributed by atoms with Crippen molar-refractivity contribution >= 4 is 28.5 Å². The summed E-state index contributed by atoms with van der Waals surface area (Å²) in [5, 5.41) is 3.50. The third-order valence-corrected chi connectivity index (χ3v) is 4.44. The third-order valence-electron chi connectivity index (χ3n) is 4.44. The minimum absolute atomic E-state index is 0.171. The molecule has 0 spiro atoms. The van der Waals surface area contributed by atoms with Gasteiger partial charge in [0, 0.05) is 23.9 Å². The van der Waals surface area contributed by atoms with Gasteiger partial charge in [0.25, 0.3) is 5.91 Å². The number of benzene rings is 2. The van der Waals surface area contributed by atoms with E-state index in [1.165, 1.54) is 13.2 Å². The quantitative estimate of drug-likeness (QED) is 0.639. The summed E-state index contributed by atoms with van der Waals surface area (Å²) < 4.78 is 10.6. The van der Waals surface area contributed by atoms with E-state index in [0.29, 0.717) is 23.4 Å². The zero-order valence-corrected chi connectivity index (χ0v) is 15.6. The third kappa shape index (κ3) is 4.03. The van der Waals surface area contributed by atoms with Crippen LogP contribution in [0.15, 0.2) is 51.7 Å². The predicted molar refractivity (Wildman–Crippen MR) is 106 cm³/mol. The number of nitrogens with two attached hydrogens (primary N) is 1. The minimum Gasteiger partial charge on any atom is -0.496 e. The van der Waals surface area contributed by atoms with Crippen LogP contribution in [-0.4, -0.2) is 18.9 Å². The van der Waals surface area contributed by atoms with Gasteiger partial charge in [-0.15, -0.1) is 0 Å².